The second-order valence-electron chi connectivity index (χ2n) is 8.02. The van der Waals surface area contributed by atoms with E-state index in [1.807, 2.05) is 45.2 Å². The number of anilines is 3. The van der Waals surface area contributed by atoms with Gasteiger partial charge < -0.3 is 11.5 Å². The van der Waals surface area contributed by atoms with E-state index in [4.69, 9.17) is 11.5 Å². The normalized spacial score (nSPS) is 30.1. The summed E-state index contributed by atoms with van der Waals surface area (Å²) in [5.41, 5.74) is 27.7. The Kier molecular flexibility index (Phi) is 3.33. The molecule has 12 nitrogen and oxygen atoms in total. The average Bonchev–Trinajstić information content (AvgIpc) is 3.41. The summed E-state index contributed by atoms with van der Waals surface area (Å²) < 4.78 is 1.88. The molecule has 6 rings (SSSR count). The maximum atomic E-state index is 6.26. The molecule has 4 aliphatic rings. The molecule has 0 bridgehead atoms. The molecule has 152 valence electrons. The fourth-order valence-electron chi connectivity index (χ4n) is 4.49. The number of hydrogen-bond donors (Lipinski definition) is 6. The average molecular weight is 396 g/mol. The third-order valence-electron chi connectivity index (χ3n) is 5.82. The lowest BCUT2D eigenvalue weighted by atomic mass is 10.1. The van der Waals surface area contributed by atoms with Crippen molar-refractivity contribution in [2.75, 3.05) is 16.6 Å². The summed E-state index contributed by atoms with van der Waals surface area (Å²) in [6.07, 6.45) is -0.189. The number of rotatable bonds is 2. The monoisotopic (exact) mass is 396 g/mol. The Hall–Kier alpha value is -3.06. The van der Waals surface area contributed by atoms with Crippen LogP contribution in [0.3, 0.4) is 0 Å². The molecular weight excluding hydrogens is 372 g/mol. The van der Waals surface area contributed by atoms with Crippen molar-refractivity contribution >= 4 is 23.2 Å². The van der Waals surface area contributed by atoms with E-state index in [0.717, 1.165) is 17.2 Å². The van der Waals surface area contributed by atoms with Crippen LogP contribution in [0.2, 0.25) is 0 Å². The van der Waals surface area contributed by atoms with Gasteiger partial charge >= 0.3 is 0 Å². The fraction of sp³-hybridized carbons (Fsp3) is 0.412. The summed E-state index contributed by atoms with van der Waals surface area (Å²) >= 11 is 0. The van der Waals surface area contributed by atoms with Crippen LogP contribution in [0.5, 0.6) is 0 Å². The topological polar surface area (TPSA) is 140 Å². The fourth-order valence-corrected chi connectivity index (χ4v) is 4.49. The molecular formula is C17H24N12. The third kappa shape index (κ3) is 2.16. The Morgan fingerprint density at radius 3 is 2.62 bits per heavy atom. The van der Waals surface area contributed by atoms with E-state index in [1.54, 1.807) is 0 Å². The maximum Gasteiger partial charge on any atom is 0.186 e. The van der Waals surface area contributed by atoms with Gasteiger partial charge in [-0.15, -0.1) is 10.2 Å². The van der Waals surface area contributed by atoms with Crippen molar-refractivity contribution in [1.29, 1.82) is 0 Å². The molecule has 0 amide bonds. The van der Waals surface area contributed by atoms with Crippen LogP contribution < -0.4 is 38.3 Å². The van der Waals surface area contributed by atoms with Crippen LogP contribution in [0.15, 0.2) is 35.4 Å². The first-order valence-corrected chi connectivity index (χ1v) is 9.73. The van der Waals surface area contributed by atoms with Gasteiger partial charge in [-0.25, -0.2) is 26.1 Å². The number of fused-ring (bicyclic) bond motifs is 6. The number of nitrogen functional groups attached to an aromatic ring is 2. The molecule has 0 saturated carbocycles. The van der Waals surface area contributed by atoms with Crippen LogP contribution in [-0.2, 0) is 0 Å². The predicted molar refractivity (Wildman–Crippen MR) is 108 cm³/mol. The first kappa shape index (κ1) is 16.9. The van der Waals surface area contributed by atoms with Crippen molar-refractivity contribution in [3.05, 3.63) is 35.9 Å². The smallest absolute Gasteiger partial charge is 0.186 e. The van der Waals surface area contributed by atoms with Crippen LogP contribution >= 0.6 is 0 Å². The zero-order valence-electron chi connectivity index (χ0n) is 16.1. The first-order valence-electron chi connectivity index (χ1n) is 9.73. The molecule has 2 aromatic rings. The highest BCUT2D eigenvalue weighted by Gasteiger charge is 2.55. The minimum absolute atomic E-state index is 0.0221. The highest BCUT2D eigenvalue weighted by Crippen LogP contribution is 2.43. The van der Waals surface area contributed by atoms with Gasteiger partial charge in [-0.05, 0) is 5.92 Å². The number of nitrogens with two attached hydrogens (primary N) is 2. The van der Waals surface area contributed by atoms with Gasteiger partial charge in [0.25, 0.3) is 0 Å². The van der Waals surface area contributed by atoms with E-state index < -0.39 is 0 Å². The number of nitrogens with one attached hydrogen (secondary N) is 4. The molecule has 8 N–H and O–H groups in total. The molecule has 29 heavy (non-hydrogen) atoms. The van der Waals surface area contributed by atoms with Gasteiger partial charge in [0, 0.05) is 5.56 Å². The van der Waals surface area contributed by atoms with Gasteiger partial charge in [0.1, 0.15) is 24.1 Å². The summed E-state index contributed by atoms with van der Waals surface area (Å²) in [6, 6.07) is 10.1. The molecule has 1 aromatic carbocycles. The molecule has 1 aromatic heterocycles. The summed E-state index contributed by atoms with van der Waals surface area (Å²) in [5, 5.41) is 15.0. The standard InChI is InChI=1S/C17H24N12/c1-8(2)16-27-17(10(18)12(19)23-27)29-22-11-13(25-28(16)29)24-26-14(20-21-15(11)26)9-6-4-3-5-7-9/h3-8,11,13,15-16,21-22,24-25H,18H2,1-2H3,(H2,19,23). The lowest BCUT2D eigenvalue weighted by Crippen LogP contribution is -2.73. The molecule has 2 saturated heterocycles. The Morgan fingerprint density at radius 2 is 1.86 bits per heavy atom. The Balaban J connectivity index is 1.33. The lowest BCUT2D eigenvalue weighted by Gasteiger charge is -2.43. The minimum Gasteiger partial charge on any atom is -0.393 e. The molecule has 2 fully saturated rings. The summed E-state index contributed by atoms with van der Waals surface area (Å²) in [4.78, 5) is 0. The Labute approximate surface area is 167 Å². The molecule has 4 unspecified atom stereocenters. The van der Waals surface area contributed by atoms with Crippen LogP contribution in [0.25, 0.3) is 0 Å². The van der Waals surface area contributed by atoms with E-state index in [1.165, 1.54) is 0 Å². The van der Waals surface area contributed by atoms with E-state index in [2.05, 4.69) is 50.8 Å². The van der Waals surface area contributed by atoms with Crippen LogP contribution in [0, 0.1) is 5.92 Å². The van der Waals surface area contributed by atoms with Crippen molar-refractivity contribution in [3.8, 4) is 0 Å². The zero-order chi connectivity index (χ0) is 19.9. The second-order valence-corrected chi connectivity index (χ2v) is 8.02. The summed E-state index contributed by atoms with van der Waals surface area (Å²) in [6.45, 7) is 4.28. The molecule has 4 aliphatic heterocycles. The van der Waals surface area contributed by atoms with Gasteiger partial charge in [0.15, 0.2) is 23.6 Å². The number of benzene rings is 1. The largest absolute Gasteiger partial charge is 0.393 e. The SMILES string of the molecule is CC(C)C1N2NC3NN4C(c5ccccc5)=NNC4C3NN2c2c(N)c(N)nn21. The van der Waals surface area contributed by atoms with E-state index in [0.29, 0.717) is 11.5 Å². The number of aromatic nitrogens is 2. The van der Waals surface area contributed by atoms with Gasteiger partial charge in [0.05, 0.1) is 0 Å². The van der Waals surface area contributed by atoms with E-state index in [9.17, 15) is 0 Å². The number of hydrazine groups is 4. The number of nitrogens with zero attached hydrogens (tertiary/aromatic N) is 6. The summed E-state index contributed by atoms with van der Waals surface area (Å²) in [7, 11) is 0. The molecule has 4 atom stereocenters. The van der Waals surface area contributed by atoms with Crippen molar-refractivity contribution < 1.29 is 0 Å². The summed E-state index contributed by atoms with van der Waals surface area (Å²) in [5.74, 6) is 2.21. The van der Waals surface area contributed by atoms with Gasteiger partial charge in [-0.1, -0.05) is 44.2 Å². The molecule has 0 radical (unpaired) electrons. The Bertz CT molecular complexity index is 984. The number of amidine groups is 1. The van der Waals surface area contributed by atoms with Gasteiger partial charge in [0.2, 0.25) is 0 Å². The highest BCUT2D eigenvalue weighted by atomic mass is 16.0. The molecule has 0 aliphatic carbocycles. The van der Waals surface area contributed by atoms with E-state index in [-0.39, 0.29) is 30.5 Å². The van der Waals surface area contributed by atoms with Crippen LogP contribution in [-0.4, -0.2) is 44.1 Å². The third-order valence-corrected chi connectivity index (χ3v) is 5.82. The minimum atomic E-state index is -0.0714. The predicted octanol–water partition coefficient (Wildman–Crippen LogP) is -0.932. The van der Waals surface area contributed by atoms with Crippen molar-refractivity contribution in [3.63, 3.8) is 0 Å². The van der Waals surface area contributed by atoms with Crippen molar-refractivity contribution in [2.45, 2.75) is 38.4 Å². The number of hydrazone groups is 1. The first-order chi connectivity index (χ1) is 14.0. The van der Waals surface area contributed by atoms with Crippen LogP contribution in [0.4, 0.5) is 17.3 Å². The molecule has 5 heterocycles. The number of hydrogen-bond acceptors (Lipinski definition) is 11. The Morgan fingerprint density at radius 1 is 1.07 bits per heavy atom. The van der Waals surface area contributed by atoms with Crippen molar-refractivity contribution in [2.24, 2.45) is 11.0 Å². The van der Waals surface area contributed by atoms with E-state index >= 15 is 0 Å². The second kappa shape index (κ2) is 5.73. The van der Waals surface area contributed by atoms with Crippen molar-refractivity contribution in [1.82, 2.24) is 41.6 Å². The van der Waals surface area contributed by atoms with Crippen LogP contribution in [0.1, 0.15) is 25.6 Å². The van der Waals surface area contributed by atoms with Gasteiger partial charge in [-0.3, -0.25) is 10.4 Å². The lowest BCUT2D eigenvalue weighted by molar-refractivity contribution is -0.0140. The quantitative estimate of drug-likeness (QED) is 0.377. The maximum absolute atomic E-state index is 6.26. The molecule has 0 spiro atoms. The van der Waals surface area contributed by atoms with Gasteiger partial charge in [-0.2, -0.15) is 5.10 Å². The highest BCUT2D eigenvalue weighted by molar-refractivity contribution is 5.99. The molecule has 12 heteroatoms. The zero-order valence-corrected chi connectivity index (χ0v) is 16.1.